The van der Waals surface area contributed by atoms with Gasteiger partial charge < -0.3 is 10.1 Å². The first-order valence-electron chi connectivity index (χ1n) is 8.40. The maximum atomic E-state index is 12.4. The van der Waals surface area contributed by atoms with E-state index < -0.39 is 0 Å². The van der Waals surface area contributed by atoms with E-state index in [-0.39, 0.29) is 17.1 Å². The third-order valence-corrected chi connectivity index (χ3v) is 3.96. The highest BCUT2D eigenvalue weighted by molar-refractivity contribution is 7.80. The normalized spacial score (nSPS) is 10.6. The number of hydrogen-bond acceptors (Lipinski definition) is 3. The predicted octanol–water partition coefficient (Wildman–Crippen LogP) is 4.75. The van der Waals surface area contributed by atoms with Gasteiger partial charge in [-0.25, -0.2) is 0 Å². The molecule has 2 N–H and O–H groups in total. The molecule has 0 aliphatic heterocycles. The second-order valence-corrected chi connectivity index (χ2v) is 6.53. The molecular weight excluding hydrogens is 344 g/mol. The zero-order valence-corrected chi connectivity index (χ0v) is 15.5. The summed E-state index contributed by atoms with van der Waals surface area (Å²) in [6.07, 6.45) is 0.0900. The van der Waals surface area contributed by atoms with E-state index >= 15 is 0 Å². The van der Waals surface area contributed by atoms with Crippen molar-refractivity contribution in [3.8, 4) is 5.75 Å². The fourth-order valence-electron chi connectivity index (χ4n) is 2.62. The number of hydrogen-bond donors (Lipinski definition) is 2. The van der Waals surface area contributed by atoms with Crippen molar-refractivity contribution >= 4 is 39.7 Å². The number of fused-ring (bicyclic) bond motifs is 1. The summed E-state index contributed by atoms with van der Waals surface area (Å²) in [5.74, 6) is 0.465. The largest absolute Gasteiger partial charge is 0.491 e. The predicted molar refractivity (Wildman–Crippen MR) is 110 cm³/mol. The van der Waals surface area contributed by atoms with Crippen LogP contribution in [0.15, 0.2) is 66.7 Å². The Hall–Kier alpha value is -2.92. The first-order chi connectivity index (χ1) is 12.5. The SMILES string of the molecule is CC(C)Oc1ccc(C(=O)NC(=S)Nc2cccc3ccccc23)cc1. The zero-order valence-electron chi connectivity index (χ0n) is 14.7. The molecule has 0 spiro atoms. The van der Waals surface area contributed by atoms with E-state index in [4.69, 9.17) is 17.0 Å². The zero-order chi connectivity index (χ0) is 18.5. The van der Waals surface area contributed by atoms with Gasteiger partial charge >= 0.3 is 0 Å². The Kier molecular flexibility index (Phi) is 5.49. The average molecular weight is 364 g/mol. The molecule has 0 aliphatic rings. The Morgan fingerprint density at radius 3 is 2.38 bits per heavy atom. The molecule has 0 saturated heterocycles. The van der Waals surface area contributed by atoms with Gasteiger partial charge in [-0.1, -0.05) is 36.4 Å². The van der Waals surface area contributed by atoms with E-state index in [1.165, 1.54) is 0 Å². The lowest BCUT2D eigenvalue weighted by atomic mass is 10.1. The van der Waals surface area contributed by atoms with Gasteiger partial charge in [0.1, 0.15) is 5.75 Å². The molecule has 1 amide bonds. The molecule has 0 saturated carbocycles. The molecule has 4 nitrogen and oxygen atoms in total. The van der Waals surface area contributed by atoms with Gasteiger partial charge in [-0.05, 0) is 61.8 Å². The van der Waals surface area contributed by atoms with Crippen molar-refractivity contribution < 1.29 is 9.53 Å². The summed E-state index contributed by atoms with van der Waals surface area (Å²) < 4.78 is 5.58. The lowest BCUT2D eigenvalue weighted by Crippen LogP contribution is -2.34. The van der Waals surface area contributed by atoms with Gasteiger partial charge in [0.25, 0.3) is 5.91 Å². The molecule has 132 valence electrons. The summed E-state index contributed by atoms with van der Waals surface area (Å²) in [4.78, 5) is 12.4. The number of amides is 1. The van der Waals surface area contributed by atoms with Crippen LogP contribution in [0.4, 0.5) is 5.69 Å². The third kappa shape index (κ3) is 4.37. The molecule has 5 heteroatoms. The van der Waals surface area contributed by atoms with Crippen molar-refractivity contribution in [1.29, 1.82) is 0 Å². The number of anilines is 1. The van der Waals surface area contributed by atoms with Crippen LogP contribution in [0, 0.1) is 0 Å². The van der Waals surface area contributed by atoms with Crippen LogP contribution in [0.3, 0.4) is 0 Å². The molecule has 0 radical (unpaired) electrons. The number of carbonyl (C=O) groups is 1. The fourth-order valence-corrected chi connectivity index (χ4v) is 2.82. The average Bonchev–Trinajstić information content (AvgIpc) is 2.62. The highest BCUT2D eigenvalue weighted by atomic mass is 32.1. The summed E-state index contributed by atoms with van der Waals surface area (Å²) in [6, 6.07) is 20.9. The molecule has 3 aromatic carbocycles. The lowest BCUT2D eigenvalue weighted by molar-refractivity contribution is 0.0977. The standard InChI is InChI=1S/C21H20N2O2S/c1-14(2)25-17-12-10-16(11-13-17)20(24)23-21(26)22-19-9-5-7-15-6-3-4-8-18(15)19/h3-14H,1-2H3,(H2,22,23,24,26). The minimum Gasteiger partial charge on any atom is -0.491 e. The Bertz CT molecular complexity index is 931. The lowest BCUT2D eigenvalue weighted by Gasteiger charge is -2.12. The molecule has 0 unspecified atom stereocenters. The Labute approximate surface area is 158 Å². The smallest absolute Gasteiger partial charge is 0.257 e. The molecule has 0 heterocycles. The topological polar surface area (TPSA) is 50.4 Å². The second-order valence-electron chi connectivity index (χ2n) is 6.13. The number of nitrogens with one attached hydrogen (secondary N) is 2. The van der Waals surface area contributed by atoms with Crippen LogP contribution in [-0.2, 0) is 0 Å². The highest BCUT2D eigenvalue weighted by Gasteiger charge is 2.09. The molecule has 26 heavy (non-hydrogen) atoms. The summed E-state index contributed by atoms with van der Waals surface area (Å²) in [5.41, 5.74) is 1.37. The summed E-state index contributed by atoms with van der Waals surface area (Å²) in [7, 11) is 0. The molecule has 0 atom stereocenters. The van der Waals surface area contributed by atoms with Gasteiger partial charge in [-0.2, -0.15) is 0 Å². The molecule has 0 aromatic heterocycles. The van der Waals surface area contributed by atoms with Crippen molar-refractivity contribution in [1.82, 2.24) is 5.32 Å². The van der Waals surface area contributed by atoms with E-state index in [0.29, 0.717) is 5.56 Å². The quantitative estimate of drug-likeness (QED) is 0.656. The van der Waals surface area contributed by atoms with Crippen molar-refractivity contribution in [3.63, 3.8) is 0 Å². The first kappa shape index (κ1) is 17.9. The molecule has 3 aromatic rings. The van der Waals surface area contributed by atoms with Gasteiger partial charge in [0.15, 0.2) is 5.11 Å². The van der Waals surface area contributed by atoms with Crippen molar-refractivity contribution in [2.75, 3.05) is 5.32 Å². The Balaban J connectivity index is 1.66. The molecule has 0 bridgehead atoms. The van der Waals surface area contributed by atoms with Crippen molar-refractivity contribution in [3.05, 3.63) is 72.3 Å². The van der Waals surface area contributed by atoms with Crippen LogP contribution < -0.4 is 15.4 Å². The summed E-state index contributed by atoms with van der Waals surface area (Å²) >= 11 is 5.29. The van der Waals surface area contributed by atoms with Gasteiger partial charge in [-0.3, -0.25) is 10.1 Å². The molecule has 3 rings (SSSR count). The minimum absolute atomic E-state index is 0.0900. The number of rotatable bonds is 4. The highest BCUT2D eigenvalue weighted by Crippen LogP contribution is 2.22. The second kappa shape index (κ2) is 7.97. The first-order valence-corrected chi connectivity index (χ1v) is 8.80. The van der Waals surface area contributed by atoms with Crippen LogP contribution in [-0.4, -0.2) is 17.1 Å². The Morgan fingerprint density at radius 2 is 1.65 bits per heavy atom. The number of thiocarbonyl (C=S) groups is 1. The van der Waals surface area contributed by atoms with Crippen LogP contribution in [0.5, 0.6) is 5.75 Å². The van der Waals surface area contributed by atoms with Crippen LogP contribution in [0.2, 0.25) is 0 Å². The van der Waals surface area contributed by atoms with E-state index in [1.807, 2.05) is 56.3 Å². The maximum Gasteiger partial charge on any atom is 0.257 e. The van der Waals surface area contributed by atoms with E-state index in [2.05, 4.69) is 10.6 Å². The van der Waals surface area contributed by atoms with Crippen LogP contribution >= 0.6 is 12.2 Å². The minimum atomic E-state index is -0.265. The van der Waals surface area contributed by atoms with Gasteiger partial charge in [0.05, 0.1) is 6.10 Å². The summed E-state index contributed by atoms with van der Waals surface area (Å²) in [6.45, 7) is 3.91. The third-order valence-electron chi connectivity index (χ3n) is 3.75. The molecule has 0 aliphatic carbocycles. The number of ether oxygens (including phenoxy) is 1. The molecular formula is C21H20N2O2S. The van der Waals surface area contributed by atoms with Crippen molar-refractivity contribution in [2.45, 2.75) is 20.0 Å². The van der Waals surface area contributed by atoms with Crippen LogP contribution in [0.25, 0.3) is 10.8 Å². The summed E-state index contributed by atoms with van der Waals surface area (Å²) in [5, 5.41) is 8.21. The van der Waals surface area contributed by atoms with E-state index in [1.54, 1.807) is 24.3 Å². The van der Waals surface area contributed by atoms with E-state index in [9.17, 15) is 4.79 Å². The van der Waals surface area contributed by atoms with Crippen LogP contribution in [0.1, 0.15) is 24.2 Å². The molecule has 0 fully saturated rings. The number of carbonyl (C=O) groups excluding carboxylic acids is 1. The van der Waals surface area contributed by atoms with Gasteiger partial charge in [0.2, 0.25) is 0 Å². The van der Waals surface area contributed by atoms with E-state index in [0.717, 1.165) is 22.2 Å². The number of benzene rings is 3. The Morgan fingerprint density at radius 1 is 0.962 bits per heavy atom. The van der Waals surface area contributed by atoms with Gasteiger partial charge in [-0.15, -0.1) is 0 Å². The van der Waals surface area contributed by atoms with Crippen molar-refractivity contribution in [2.24, 2.45) is 0 Å². The van der Waals surface area contributed by atoms with Gasteiger partial charge in [0, 0.05) is 16.6 Å². The maximum absolute atomic E-state index is 12.4. The monoisotopic (exact) mass is 364 g/mol. The fraction of sp³-hybridized carbons (Fsp3) is 0.143.